The third-order valence-electron chi connectivity index (χ3n) is 1.43. The number of rotatable bonds is 2. The first-order valence-electron chi connectivity index (χ1n) is 3.47. The topological polar surface area (TPSA) is 48.4 Å². The molecule has 0 radical (unpaired) electrons. The van der Waals surface area contributed by atoms with Gasteiger partial charge in [-0.1, -0.05) is 11.6 Å². The van der Waals surface area contributed by atoms with Gasteiger partial charge < -0.3 is 9.47 Å². The van der Waals surface area contributed by atoms with E-state index >= 15 is 0 Å². The fraction of sp³-hybridized carbons (Fsp3) is 0.250. The summed E-state index contributed by atoms with van der Waals surface area (Å²) < 4.78 is 9.33. The van der Waals surface area contributed by atoms with E-state index in [-0.39, 0.29) is 10.7 Å². The number of hydrogen-bond donors (Lipinski definition) is 0. The highest BCUT2D eigenvalue weighted by atomic mass is 35.5. The lowest BCUT2D eigenvalue weighted by Gasteiger charge is -2.03. The van der Waals surface area contributed by atoms with E-state index in [2.05, 4.69) is 9.72 Å². The predicted molar refractivity (Wildman–Crippen MR) is 47.1 cm³/mol. The van der Waals surface area contributed by atoms with Crippen LogP contribution in [0.5, 0.6) is 5.75 Å². The highest BCUT2D eigenvalue weighted by Gasteiger charge is 2.12. The summed E-state index contributed by atoms with van der Waals surface area (Å²) >= 11 is 5.74. The Bertz CT molecular complexity index is 327. The van der Waals surface area contributed by atoms with Gasteiger partial charge in [0.2, 0.25) is 0 Å². The van der Waals surface area contributed by atoms with Gasteiger partial charge in [0.1, 0.15) is 5.75 Å². The van der Waals surface area contributed by atoms with Crippen LogP contribution in [0.2, 0.25) is 5.02 Å². The van der Waals surface area contributed by atoms with Crippen molar-refractivity contribution in [3.63, 3.8) is 0 Å². The van der Waals surface area contributed by atoms with E-state index in [0.29, 0.717) is 5.75 Å². The Hall–Kier alpha value is -1.29. The number of pyridine rings is 1. The number of hydrogen-bond acceptors (Lipinski definition) is 4. The van der Waals surface area contributed by atoms with Crippen molar-refractivity contribution in [3.8, 4) is 5.75 Å². The SMILES string of the molecule is COC(=O)c1ncc(OC)cc1Cl. The van der Waals surface area contributed by atoms with Gasteiger partial charge in [0.05, 0.1) is 25.4 Å². The first-order valence-corrected chi connectivity index (χ1v) is 3.84. The summed E-state index contributed by atoms with van der Waals surface area (Å²) in [5.74, 6) is -0.0645. The molecule has 0 aliphatic heterocycles. The number of aromatic nitrogens is 1. The van der Waals surface area contributed by atoms with Crippen molar-refractivity contribution in [3.05, 3.63) is 23.0 Å². The Balaban J connectivity index is 3.05. The van der Waals surface area contributed by atoms with Crippen LogP contribution in [0.25, 0.3) is 0 Å². The standard InChI is InChI=1S/C8H8ClNO3/c1-12-5-3-6(9)7(10-4-5)8(11)13-2/h3-4H,1-2H3. The summed E-state index contributed by atoms with van der Waals surface area (Å²) in [6.45, 7) is 0. The van der Waals surface area contributed by atoms with E-state index in [1.807, 2.05) is 0 Å². The van der Waals surface area contributed by atoms with Crippen LogP contribution in [0.15, 0.2) is 12.3 Å². The van der Waals surface area contributed by atoms with Gasteiger partial charge in [-0.3, -0.25) is 0 Å². The first-order chi connectivity index (χ1) is 6.19. The molecule has 4 nitrogen and oxygen atoms in total. The molecule has 0 saturated carbocycles. The van der Waals surface area contributed by atoms with Crippen molar-refractivity contribution in [2.75, 3.05) is 14.2 Å². The molecular formula is C8H8ClNO3. The molecule has 13 heavy (non-hydrogen) atoms. The van der Waals surface area contributed by atoms with Crippen LogP contribution in [0.4, 0.5) is 0 Å². The summed E-state index contributed by atoms with van der Waals surface area (Å²) in [6.07, 6.45) is 1.40. The van der Waals surface area contributed by atoms with E-state index in [4.69, 9.17) is 16.3 Å². The minimum atomic E-state index is -0.562. The van der Waals surface area contributed by atoms with Gasteiger partial charge in [-0.05, 0) is 0 Å². The third-order valence-corrected chi connectivity index (χ3v) is 1.72. The third kappa shape index (κ3) is 2.09. The summed E-state index contributed by atoms with van der Waals surface area (Å²) in [5.41, 5.74) is 0.0879. The summed E-state index contributed by atoms with van der Waals surface area (Å²) in [6, 6.07) is 1.50. The smallest absolute Gasteiger partial charge is 0.358 e. The maximum atomic E-state index is 11.0. The van der Waals surface area contributed by atoms with Crippen molar-refractivity contribution in [1.82, 2.24) is 4.98 Å². The van der Waals surface area contributed by atoms with Crippen LogP contribution in [-0.4, -0.2) is 25.2 Å². The maximum Gasteiger partial charge on any atom is 0.358 e. The van der Waals surface area contributed by atoms with E-state index in [9.17, 15) is 4.79 Å². The highest BCUT2D eigenvalue weighted by Crippen LogP contribution is 2.19. The predicted octanol–water partition coefficient (Wildman–Crippen LogP) is 1.53. The number of nitrogens with zero attached hydrogens (tertiary/aromatic N) is 1. The number of carbonyl (C=O) groups excluding carboxylic acids is 1. The maximum absolute atomic E-state index is 11.0. The fourth-order valence-electron chi connectivity index (χ4n) is 0.779. The summed E-state index contributed by atoms with van der Waals surface area (Å²) in [4.78, 5) is 14.8. The molecular weight excluding hydrogens is 194 g/mol. The number of ether oxygens (including phenoxy) is 2. The molecule has 0 fully saturated rings. The normalized spacial score (nSPS) is 9.46. The zero-order valence-electron chi connectivity index (χ0n) is 7.20. The first kappa shape index (κ1) is 9.80. The van der Waals surface area contributed by atoms with Gasteiger partial charge in [0.25, 0.3) is 0 Å². The summed E-state index contributed by atoms with van der Waals surface area (Å²) in [5, 5.41) is 0.214. The van der Waals surface area contributed by atoms with Crippen LogP contribution in [0, 0.1) is 0 Å². The van der Waals surface area contributed by atoms with Crippen LogP contribution in [0.1, 0.15) is 10.5 Å². The fourth-order valence-corrected chi connectivity index (χ4v) is 1.01. The molecule has 5 heteroatoms. The van der Waals surface area contributed by atoms with E-state index in [1.54, 1.807) is 0 Å². The van der Waals surface area contributed by atoms with Crippen molar-refractivity contribution in [2.24, 2.45) is 0 Å². The number of halogens is 1. The Kier molecular flexibility index (Phi) is 3.08. The quantitative estimate of drug-likeness (QED) is 0.681. The second kappa shape index (κ2) is 4.09. The van der Waals surface area contributed by atoms with Gasteiger partial charge in [-0.25, -0.2) is 9.78 Å². The molecule has 0 atom stereocenters. The Labute approximate surface area is 80.4 Å². The van der Waals surface area contributed by atoms with E-state index in [1.165, 1.54) is 26.5 Å². The molecule has 0 spiro atoms. The van der Waals surface area contributed by atoms with Crippen molar-refractivity contribution >= 4 is 17.6 Å². The molecule has 1 rings (SSSR count). The molecule has 1 aromatic rings. The molecule has 1 heterocycles. The summed E-state index contributed by atoms with van der Waals surface area (Å²) in [7, 11) is 2.76. The number of carbonyl (C=O) groups is 1. The van der Waals surface area contributed by atoms with Gasteiger partial charge in [0.15, 0.2) is 5.69 Å². The minimum Gasteiger partial charge on any atom is -0.495 e. The lowest BCUT2D eigenvalue weighted by Crippen LogP contribution is -2.05. The Morgan fingerprint density at radius 1 is 1.54 bits per heavy atom. The number of methoxy groups -OCH3 is 2. The Morgan fingerprint density at radius 3 is 2.69 bits per heavy atom. The van der Waals surface area contributed by atoms with Crippen molar-refractivity contribution in [1.29, 1.82) is 0 Å². The molecule has 0 N–H and O–H groups in total. The second-order valence-electron chi connectivity index (χ2n) is 2.20. The molecule has 0 bridgehead atoms. The van der Waals surface area contributed by atoms with Gasteiger partial charge >= 0.3 is 5.97 Å². The lowest BCUT2D eigenvalue weighted by molar-refractivity contribution is 0.0594. The Morgan fingerprint density at radius 2 is 2.23 bits per heavy atom. The van der Waals surface area contributed by atoms with Crippen molar-refractivity contribution < 1.29 is 14.3 Å². The van der Waals surface area contributed by atoms with Crippen LogP contribution in [0.3, 0.4) is 0 Å². The molecule has 0 aliphatic carbocycles. The average molecular weight is 202 g/mol. The molecule has 0 saturated heterocycles. The van der Waals surface area contributed by atoms with Crippen molar-refractivity contribution in [2.45, 2.75) is 0 Å². The zero-order chi connectivity index (χ0) is 9.84. The van der Waals surface area contributed by atoms with E-state index in [0.717, 1.165) is 0 Å². The average Bonchev–Trinajstić information content (AvgIpc) is 2.16. The lowest BCUT2D eigenvalue weighted by atomic mass is 10.3. The molecule has 1 aromatic heterocycles. The molecule has 0 aliphatic rings. The minimum absolute atomic E-state index is 0.0879. The van der Waals surface area contributed by atoms with Crippen LogP contribution < -0.4 is 4.74 Å². The molecule has 70 valence electrons. The monoisotopic (exact) mass is 201 g/mol. The number of esters is 1. The molecule has 0 unspecified atom stereocenters. The van der Waals surface area contributed by atoms with Gasteiger partial charge in [-0.2, -0.15) is 0 Å². The second-order valence-corrected chi connectivity index (χ2v) is 2.60. The highest BCUT2D eigenvalue weighted by molar-refractivity contribution is 6.33. The molecule has 0 aromatic carbocycles. The largest absolute Gasteiger partial charge is 0.495 e. The molecule has 0 amide bonds. The van der Waals surface area contributed by atoms with Crippen LogP contribution >= 0.6 is 11.6 Å². The zero-order valence-corrected chi connectivity index (χ0v) is 7.96. The van der Waals surface area contributed by atoms with Gasteiger partial charge in [0, 0.05) is 6.07 Å². The van der Waals surface area contributed by atoms with Gasteiger partial charge in [-0.15, -0.1) is 0 Å². The van der Waals surface area contributed by atoms with Crippen LogP contribution in [-0.2, 0) is 4.74 Å². The van der Waals surface area contributed by atoms with E-state index < -0.39 is 5.97 Å².